The largest absolute Gasteiger partial charge is 0.449 e. The summed E-state index contributed by atoms with van der Waals surface area (Å²) in [6.07, 6.45) is -4.48. The molecule has 0 saturated carbocycles. The minimum absolute atomic E-state index is 0.238. The summed E-state index contributed by atoms with van der Waals surface area (Å²) in [4.78, 5) is 5.75. The first kappa shape index (κ1) is 12.4. The highest BCUT2D eigenvalue weighted by molar-refractivity contribution is 9.13. The highest BCUT2D eigenvalue weighted by Crippen LogP contribution is 2.37. The van der Waals surface area contributed by atoms with E-state index in [1.165, 1.54) is 0 Å². The molecule has 1 aromatic carbocycles. The minimum Gasteiger partial charge on any atom is -0.333 e. The van der Waals surface area contributed by atoms with E-state index in [0.29, 0.717) is 18.9 Å². The zero-order valence-electron chi connectivity index (χ0n) is 7.29. The molecule has 1 aromatic heterocycles. The van der Waals surface area contributed by atoms with Crippen LogP contribution < -0.4 is 0 Å². The number of aromatic amines is 1. The lowest BCUT2D eigenvalue weighted by Crippen LogP contribution is -2.06. The Morgan fingerprint density at radius 3 is 2.31 bits per heavy atom. The van der Waals surface area contributed by atoms with Crippen LogP contribution in [-0.2, 0) is 6.18 Å². The molecular weight excluding hydrogens is 421 g/mol. The molecule has 2 rings (SSSR count). The lowest BCUT2D eigenvalue weighted by atomic mass is 10.3. The zero-order chi connectivity index (χ0) is 12.1. The van der Waals surface area contributed by atoms with Crippen molar-refractivity contribution in [3.8, 4) is 0 Å². The highest BCUT2D eigenvalue weighted by Gasteiger charge is 2.35. The number of imidazole rings is 1. The van der Waals surface area contributed by atoms with Gasteiger partial charge in [-0.15, -0.1) is 0 Å². The first-order chi connectivity index (χ1) is 7.30. The second-order valence-corrected chi connectivity index (χ2v) is 5.46. The van der Waals surface area contributed by atoms with Crippen molar-refractivity contribution in [2.45, 2.75) is 6.18 Å². The number of H-pyrrole nitrogens is 1. The van der Waals surface area contributed by atoms with Crippen molar-refractivity contribution in [3.05, 3.63) is 25.3 Å². The molecule has 0 bridgehead atoms. The second kappa shape index (κ2) is 3.99. The monoisotopic (exact) mass is 420 g/mol. The molecule has 0 aliphatic heterocycles. The van der Waals surface area contributed by atoms with Crippen molar-refractivity contribution in [1.29, 1.82) is 0 Å². The van der Waals surface area contributed by atoms with E-state index in [1.54, 1.807) is 6.07 Å². The van der Waals surface area contributed by atoms with Crippen LogP contribution in [0.15, 0.2) is 19.5 Å². The number of nitrogens with one attached hydrogen (secondary N) is 1. The zero-order valence-corrected chi connectivity index (χ0v) is 12.1. The summed E-state index contributed by atoms with van der Waals surface area (Å²) in [6, 6.07) is 1.63. The summed E-state index contributed by atoms with van der Waals surface area (Å²) in [6.45, 7) is 0. The van der Waals surface area contributed by atoms with E-state index in [4.69, 9.17) is 0 Å². The van der Waals surface area contributed by atoms with Gasteiger partial charge in [0.15, 0.2) is 0 Å². The number of halogens is 6. The molecule has 0 aliphatic rings. The van der Waals surface area contributed by atoms with Crippen molar-refractivity contribution in [1.82, 2.24) is 9.97 Å². The second-order valence-electron chi connectivity index (χ2n) is 2.96. The molecule has 0 amide bonds. The molecule has 2 aromatic rings. The molecule has 0 unspecified atom stereocenters. The van der Waals surface area contributed by atoms with Crippen LogP contribution in [0.3, 0.4) is 0 Å². The van der Waals surface area contributed by atoms with Gasteiger partial charge in [-0.2, -0.15) is 13.2 Å². The van der Waals surface area contributed by atoms with Gasteiger partial charge in [-0.05, 0) is 53.9 Å². The molecule has 0 fully saturated rings. The standard InChI is InChI=1S/C8H2Br3F3N2/c9-2-1-3(10)5-6(4(2)11)16-7(15-5)8(12,13)14/h1H,(H,15,16). The van der Waals surface area contributed by atoms with E-state index in [2.05, 4.69) is 57.8 Å². The maximum absolute atomic E-state index is 12.5. The number of hydrogen-bond donors (Lipinski definition) is 1. The third-order valence-corrected chi connectivity index (χ3v) is 4.47. The number of rotatable bonds is 0. The maximum atomic E-state index is 12.5. The quantitative estimate of drug-likeness (QED) is 0.603. The van der Waals surface area contributed by atoms with Gasteiger partial charge in [-0.1, -0.05) is 0 Å². The third-order valence-electron chi connectivity index (χ3n) is 1.88. The van der Waals surface area contributed by atoms with Gasteiger partial charge < -0.3 is 4.98 Å². The molecule has 2 nitrogen and oxygen atoms in total. The fraction of sp³-hybridized carbons (Fsp3) is 0.125. The average molecular weight is 423 g/mol. The van der Waals surface area contributed by atoms with Gasteiger partial charge in [-0.25, -0.2) is 4.98 Å². The molecule has 0 saturated heterocycles. The Hall–Kier alpha value is -0.0800. The van der Waals surface area contributed by atoms with Gasteiger partial charge in [0.1, 0.15) is 5.52 Å². The van der Waals surface area contributed by atoms with E-state index in [-0.39, 0.29) is 5.52 Å². The van der Waals surface area contributed by atoms with Crippen LogP contribution in [0.25, 0.3) is 11.0 Å². The number of fused-ring (bicyclic) bond motifs is 1. The topological polar surface area (TPSA) is 28.7 Å². The van der Waals surface area contributed by atoms with Gasteiger partial charge in [-0.3, -0.25) is 0 Å². The van der Waals surface area contributed by atoms with Gasteiger partial charge in [0, 0.05) is 8.95 Å². The molecule has 0 aliphatic carbocycles. The molecular formula is C8H2Br3F3N2. The Kier molecular flexibility index (Phi) is 3.09. The Morgan fingerprint density at radius 2 is 1.75 bits per heavy atom. The first-order valence-corrected chi connectivity index (χ1v) is 6.29. The summed E-state index contributed by atoms with van der Waals surface area (Å²) in [5, 5.41) is 0. The Balaban J connectivity index is 2.80. The SMILES string of the molecule is FC(F)(F)c1nc2c(Br)cc(Br)c(Br)c2[nH]1. The van der Waals surface area contributed by atoms with Crippen LogP contribution in [0.1, 0.15) is 5.82 Å². The van der Waals surface area contributed by atoms with Crippen LogP contribution in [-0.4, -0.2) is 9.97 Å². The van der Waals surface area contributed by atoms with Crippen molar-refractivity contribution in [2.75, 3.05) is 0 Å². The predicted octanol–water partition coefficient (Wildman–Crippen LogP) is 4.87. The molecule has 0 atom stereocenters. The number of hydrogen-bond acceptors (Lipinski definition) is 1. The van der Waals surface area contributed by atoms with Gasteiger partial charge in [0.25, 0.3) is 0 Å². The minimum atomic E-state index is -4.48. The average Bonchev–Trinajstić information content (AvgIpc) is 2.58. The maximum Gasteiger partial charge on any atom is 0.449 e. The number of alkyl halides is 3. The van der Waals surface area contributed by atoms with Crippen molar-refractivity contribution in [3.63, 3.8) is 0 Å². The summed E-state index contributed by atoms with van der Waals surface area (Å²) in [5.74, 6) is -1.01. The number of aromatic nitrogens is 2. The smallest absolute Gasteiger partial charge is 0.333 e. The van der Waals surface area contributed by atoms with Crippen LogP contribution in [0.5, 0.6) is 0 Å². The Bertz CT molecular complexity index is 562. The fourth-order valence-corrected chi connectivity index (χ4v) is 2.85. The molecule has 0 spiro atoms. The number of nitrogens with zero attached hydrogens (tertiary/aromatic N) is 1. The van der Waals surface area contributed by atoms with E-state index in [9.17, 15) is 13.2 Å². The molecule has 86 valence electrons. The van der Waals surface area contributed by atoms with Crippen LogP contribution >= 0.6 is 47.8 Å². The van der Waals surface area contributed by atoms with E-state index in [1.807, 2.05) is 0 Å². The highest BCUT2D eigenvalue weighted by atomic mass is 79.9. The van der Waals surface area contributed by atoms with E-state index >= 15 is 0 Å². The van der Waals surface area contributed by atoms with Gasteiger partial charge in [0.2, 0.25) is 5.82 Å². The van der Waals surface area contributed by atoms with Crippen LogP contribution in [0, 0.1) is 0 Å². The molecule has 16 heavy (non-hydrogen) atoms. The molecule has 8 heteroatoms. The fourth-order valence-electron chi connectivity index (χ4n) is 1.20. The Morgan fingerprint density at radius 1 is 1.12 bits per heavy atom. The predicted molar refractivity (Wildman–Crippen MR) is 64.2 cm³/mol. The summed E-state index contributed by atoms with van der Waals surface area (Å²) in [5.41, 5.74) is 0.538. The molecule has 1 N–H and O–H groups in total. The van der Waals surface area contributed by atoms with Gasteiger partial charge >= 0.3 is 6.18 Å². The van der Waals surface area contributed by atoms with Gasteiger partial charge in [0.05, 0.1) is 9.99 Å². The number of benzene rings is 1. The first-order valence-electron chi connectivity index (χ1n) is 3.91. The van der Waals surface area contributed by atoms with Crippen molar-refractivity contribution < 1.29 is 13.2 Å². The lowest BCUT2D eigenvalue weighted by molar-refractivity contribution is -0.144. The lowest BCUT2D eigenvalue weighted by Gasteiger charge is -1.99. The third kappa shape index (κ3) is 2.02. The van der Waals surface area contributed by atoms with Crippen molar-refractivity contribution >= 4 is 58.8 Å². The van der Waals surface area contributed by atoms with Crippen LogP contribution in [0.4, 0.5) is 13.2 Å². The van der Waals surface area contributed by atoms with E-state index in [0.717, 1.165) is 0 Å². The summed E-state index contributed by atoms with van der Waals surface area (Å²) in [7, 11) is 0. The van der Waals surface area contributed by atoms with E-state index < -0.39 is 12.0 Å². The molecule has 0 radical (unpaired) electrons. The summed E-state index contributed by atoms with van der Waals surface area (Å²) < 4.78 is 39.0. The van der Waals surface area contributed by atoms with Crippen LogP contribution in [0.2, 0.25) is 0 Å². The van der Waals surface area contributed by atoms with Crippen molar-refractivity contribution in [2.24, 2.45) is 0 Å². The Labute approximate surface area is 113 Å². The normalized spacial score (nSPS) is 12.4. The summed E-state index contributed by atoms with van der Waals surface area (Å²) >= 11 is 9.57. The molecule has 1 heterocycles.